The Morgan fingerprint density at radius 3 is 2.53 bits per heavy atom. The zero-order valence-corrected chi connectivity index (χ0v) is 16.5. The van der Waals surface area contributed by atoms with Gasteiger partial charge in [-0.3, -0.25) is 14.7 Å². The van der Waals surface area contributed by atoms with Crippen LogP contribution in [-0.4, -0.2) is 24.4 Å². The zero-order valence-electron chi connectivity index (χ0n) is 16.5. The molecule has 0 aliphatic carbocycles. The van der Waals surface area contributed by atoms with Crippen molar-refractivity contribution in [2.24, 2.45) is 0 Å². The first-order valence-electron chi connectivity index (χ1n) is 9.69. The summed E-state index contributed by atoms with van der Waals surface area (Å²) in [4.78, 5) is 30.5. The average molecular weight is 397 g/mol. The zero-order chi connectivity index (χ0) is 20.8. The highest BCUT2D eigenvalue weighted by atomic mass is 16.1. The minimum absolute atomic E-state index is 0.210. The third kappa shape index (κ3) is 2.75. The summed E-state index contributed by atoms with van der Waals surface area (Å²) in [6, 6.07) is 18.1. The quantitative estimate of drug-likeness (QED) is 0.506. The lowest BCUT2D eigenvalue weighted by Gasteiger charge is -2.14. The lowest BCUT2D eigenvalue weighted by molar-refractivity contribution is 0.524. The van der Waals surface area contributed by atoms with Gasteiger partial charge in [0, 0.05) is 17.0 Å². The standard InChI is InChI=1S/C23H19N5O2/c1-14-21(16-8-4-3-5-9-16)26-28-20(29)12-19(25-22(14)28)15(2)27-23(30)18-11-7-6-10-17(18)13-24-27/h3-13,15,26H,1-2H3/t15-/m0/s1. The van der Waals surface area contributed by atoms with Crippen molar-refractivity contribution in [3.05, 3.63) is 98.8 Å². The van der Waals surface area contributed by atoms with Crippen molar-refractivity contribution >= 4 is 16.4 Å². The van der Waals surface area contributed by atoms with Crippen molar-refractivity contribution < 1.29 is 0 Å². The maximum atomic E-state index is 12.9. The van der Waals surface area contributed by atoms with Crippen LogP contribution in [0.5, 0.6) is 0 Å². The summed E-state index contributed by atoms with van der Waals surface area (Å²) in [5, 5.41) is 8.83. The van der Waals surface area contributed by atoms with E-state index >= 15 is 0 Å². The fraction of sp³-hybridized carbons (Fsp3) is 0.130. The third-order valence-corrected chi connectivity index (χ3v) is 5.45. The second-order valence-corrected chi connectivity index (χ2v) is 7.31. The number of nitrogens with zero attached hydrogens (tertiary/aromatic N) is 4. The molecule has 0 radical (unpaired) electrons. The molecule has 0 amide bonds. The topological polar surface area (TPSA) is 85.0 Å². The summed E-state index contributed by atoms with van der Waals surface area (Å²) >= 11 is 0. The molecule has 148 valence electrons. The highest BCUT2D eigenvalue weighted by Gasteiger charge is 2.19. The van der Waals surface area contributed by atoms with E-state index in [0.29, 0.717) is 16.7 Å². The Hall–Kier alpha value is -4.00. The molecule has 5 aromatic rings. The van der Waals surface area contributed by atoms with Gasteiger partial charge in [0.05, 0.1) is 29.0 Å². The summed E-state index contributed by atoms with van der Waals surface area (Å²) in [7, 11) is 0. The molecule has 7 heteroatoms. The number of fused-ring (bicyclic) bond motifs is 2. The van der Waals surface area contributed by atoms with Gasteiger partial charge < -0.3 is 0 Å². The minimum atomic E-state index is -0.491. The molecule has 0 aliphatic heterocycles. The first-order valence-corrected chi connectivity index (χ1v) is 9.69. The number of hydrogen-bond acceptors (Lipinski definition) is 4. The van der Waals surface area contributed by atoms with E-state index in [9.17, 15) is 9.59 Å². The van der Waals surface area contributed by atoms with E-state index < -0.39 is 6.04 Å². The van der Waals surface area contributed by atoms with E-state index in [0.717, 1.165) is 22.2 Å². The van der Waals surface area contributed by atoms with Crippen LogP contribution in [0, 0.1) is 6.92 Å². The molecule has 0 saturated carbocycles. The Balaban J connectivity index is 1.67. The third-order valence-electron chi connectivity index (χ3n) is 5.45. The maximum absolute atomic E-state index is 12.9. The average Bonchev–Trinajstić information content (AvgIpc) is 3.11. The van der Waals surface area contributed by atoms with E-state index in [1.165, 1.54) is 15.3 Å². The molecular weight excluding hydrogens is 378 g/mol. The molecule has 0 aliphatic rings. The summed E-state index contributed by atoms with van der Waals surface area (Å²) in [5.41, 5.74) is 3.27. The van der Waals surface area contributed by atoms with Gasteiger partial charge in [-0.1, -0.05) is 48.5 Å². The van der Waals surface area contributed by atoms with Gasteiger partial charge in [0.2, 0.25) is 0 Å². The van der Waals surface area contributed by atoms with Crippen LogP contribution in [-0.2, 0) is 0 Å². The molecule has 3 aromatic heterocycles. The molecular formula is C23H19N5O2. The fourth-order valence-corrected chi connectivity index (χ4v) is 3.77. The molecule has 1 atom stereocenters. The van der Waals surface area contributed by atoms with E-state index in [2.05, 4.69) is 10.2 Å². The maximum Gasteiger partial charge on any atom is 0.275 e. The van der Waals surface area contributed by atoms with E-state index in [1.807, 2.05) is 62.4 Å². The number of hydrogen-bond donors (Lipinski definition) is 1. The van der Waals surface area contributed by atoms with Crippen LogP contribution >= 0.6 is 0 Å². The van der Waals surface area contributed by atoms with E-state index in [4.69, 9.17) is 4.98 Å². The summed E-state index contributed by atoms with van der Waals surface area (Å²) in [5.74, 6) is 0. The Bertz CT molecular complexity index is 1510. The van der Waals surface area contributed by atoms with Crippen LogP contribution in [0.4, 0.5) is 0 Å². The lowest BCUT2D eigenvalue weighted by atomic mass is 10.1. The van der Waals surface area contributed by atoms with E-state index in [-0.39, 0.29) is 11.1 Å². The van der Waals surface area contributed by atoms with Crippen molar-refractivity contribution in [3.8, 4) is 11.3 Å². The Morgan fingerprint density at radius 1 is 1.00 bits per heavy atom. The highest BCUT2D eigenvalue weighted by Crippen LogP contribution is 2.24. The molecule has 0 unspecified atom stereocenters. The molecule has 3 heterocycles. The van der Waals surface area contributed by atoms with Gasteiger partial charge in [-0.05, 0) is 25.5 Å². The second-order valence-electron chi connectivity index (χ2n) is 7.31. The van der Waals surface area contributed by atoms with Crippen LogP contribution in [0.3, 0.4) is 0 Å². The molecule has 0 fully saturated rings. The largest absolute Gasteiger partial charge is 0.289 e. The van der Waals surface area contributed by atoms with Crippen molar-refractivity contribution in [2.75, 3.05) is 0 Å². The number of rotatable bonds is 3. The first kappa shape index (κ1) is 18.1. The van der Waals surface area contributed by atoms with Crippen LogP contribution in [0.25, 0.3) is 27.7 Å². The molecule has 1 N–H and O–H groups in total. The van der Waals surface area contributed by atoms with Crippen LogP contribution < -0.4 is 11.1 Å². The lowest BCUT2D eigenvalue weighted by Crippen LogP contribution is -2.28. The van der Waals surface area contributed by atoms with E-state index in [1.54, 1.807) is 12.3 Å². The van der Waals surface area contributed by atoms with Crippen LogP contribution in [0.2, 0.25) is 0 Å². The van der Waals surface area contributed by atoms with Crippen molar-refractivity contribution in [3.63, 3.8) is 0 Å². The Morgan fingerprint density at radius 2 is 1.73 bits per heavy atom. The smallest absolute Gasteiger partial charge is 0.275 e. The summed E-state index contributed by atoms with van der Waals surface area (Å²) < 4.78 is 2.81. The molecule has 2 aromatic carbocycles. The number of benzene rings is 2. The Kier molecular flexibility index (Phi) is 4.10. The van der Waals surface area contributed by atoms with Crippen molar-refractivity contribution in [1.82, 2.24) is 24.4 Å². The molecule has 30 heavy (non-hydrogen) atoms. The number of aromatic amines is 1. The van der Waals surface area contributed by atoms with Gasteiger partial charge in [0.1, 0.15) is 0 Å². The number of nitrogens with one attached hydrogen (secondary N) is 1. The molecule has 5 rings (SSSR count). The van der Waals surface area contributed by atoms with Gasteiger partial charge in [0.25, 0.3) is 11.1 Å². The number of aromatic nitrogens is 5. The SMILES string of the molecule is Cc1c(-c2ccccc2)[nH]n2c(=O)cc([C@H](C)n3ncc4ccccc4c3=O)nc12. The predicted molar refractivity (Wildman–Crippen MR) is 116 cm³/mol. The monoisotopic (exact) mass is 397 g/mol. The predicted octanol–water partition coefficient (Wildman–Crippen LogP) is 3.32. The second kappa shape index (κ2) is 6.81. The fourth-order valence-electron chi connectivity index (χ4n) is 3.77. The van der Waals surface area contributed by atoms with Gasteiger partial charge in [-0.15, -0.1) is 0 Å². The summed E-state index contributed by atoms with van der Waals surface area (Å²) in [6.45, 7) is 3.75. The highest BCUT2D eigenvalue weighted by molar-refractivity contribution is 5.80. The summed E-state index contributed by atoms with van der Waals surface area (Å²) in [6.07, 6.45) is 1.66. The molecule has 0 saturated heterocycles. The van der Waals surface area contributed by atoms with Crippen LogP contribution in [0.1, 0.15) is 24.2 Å². The van der Waals surface area contributed by atoms with Crippen LogP contribution in [0.15, 0.2) is 76.4 Å². The van der Waals surface area contributed by atoms with Crippen molar-refractivity contribution in [2.45, 2.75) is 19.9 Å². The van der Waals surface area contributed by atoms with Gasteiger partial charge in [0.15, 0.2) is 5.65 Å². The number of H-pyrrole nitrogens is 1. The molecule has 0 spiro atoms. The van der Waals surface area contributed by atoms with Crippen molar-refractivity contribution in [1.29, 1.82) is 0 Å². The first-order chi connectivity index (χ1) is 14.5. The van der Waals surface area contributed by atoms with Gasteiger partial charge >= 0.3 is 0 Å². The minimum Gasteiger partial charge on any atom is -0.289 e. The molecule has 0 bridgehead atoms. The number of aryl methyl sites for hydroxylation is 1. The van der Waals surface area contributed by atoms with Gasteiger partial charge in [-0.25, -0.2) is 14.2 Å². The normalized spacial score (nSPS) is 12.5. The Labute approximate surface area is 171 Å². The molecule has 7 nitrogen and oxygen atoms in total. The van der Waals surface area contributed by atoms with Gasteiger partial charge in [-0.2, -0.15) is 5.10 Å².